The van der Waals surface area contributed by atoms with Crippen molar-refractivity contribution in [3.8, 4) is 16.9 Å². The summed E-state index contributed by atoms with van der Waals surface area (Å²) in [6.45, 7) is 7.64. The minimum Gasteiger partial charge on any atom is -0.508 e. The molecule has 1 saturated heterocycles. The third-order valence-electron chi connectivity index (χ3n) is 7.68. The molecule has 228 valence electrons. The Bertz CT molecular complexity index is 1690. The fourth-order valence-corrected chi connectivity index (χ4v) is 5.43. The van der Waals surface area contributed by atoms with Crippen molar-refractivity contribution in [2.45, 2.75) is 32.4 Å². The average molecular weight is 609 g/mol. The minimum atomic E-state index is -0.608. The van der Waals surface area contributed by atoms with Crippen LogP contribution in [0.1, 0.15) is 20.8 Å². The van der Waals surface area contributed by atoms with Crippen LogP contribution in [0, 0.1) is 5.82 Å². The number of phenols is 1. The van der Waals surface area contributed by atoms with E-state index in [4.69, 9.17) is 26.3 Å². The third-order valence-corrected chi connectivity index (χ3v) is 7.98. The minimum absolute atomic E-state index is 0.0116. The first-order valence-electron chi connectivity index (χ1n) is 14.2. The summed E-state index contributed by atoms with van der Waals surface area (Å²) in [5, 5.41) is 12.6. The zero-order valence-corrected chi connectivity index (χ0v) is 26.4. The number of phenolic OH excluding ortho intramolecular Hbond substituents is 1. The highest BCUT2D eigenvalue weighted by Gasteiger charge is 2.32. The van der Waals surface area contributed by atoms with Gasteiger partial charge < -0.3 is 29.4 Å². The molecule has 4 aromatic rings. The molecule has 0 aliphatic carbocycles. The maximum Gasteiger partial charge on any atom is 0.410 e. The Labute approximate surface area is 256 Å². The summed E-state index contributed by atoms with van der Waals surface area (Å²) in [6.07, 6.45) is -0.429. The lowest BCUT2D eigenvalue weighted by molar-refractivity contribution is 0.0303. The van der Waals surface area contributed by atoms with Gasteiger partial charge in [-0.05, 0) is 69.4 Å². The van der Waals surface area contributed by atoms with Gasteiger partial charge in [0.05, 0.1) is 5.02 Å². The number of anilines is 2. The van der Waals surface area contributed by atoms with Crippen LogP contribution < -0.4 is 9.80 Å². The summed E-state index contributed by atoms with van der Waals surface area (Å²) >= 11 is 6.82. The molecule has 2 heterocycles. The Balaban J connectivity index is 1.59. The van der Waals surface area contributed by atoms with Crippen molar-refractivity contribution < 1.29 is 19.0 Å². The Hall–Kier alpha value is -3.89. The monoisotopic (exact) mass is 608 g/mol. The second-order valence-electron chi connectivity index (χ2n) is 12.4. The predicted molar refractivity (Wildman–Crippen MR) is 171 cm³/mol. The first-order valence-corrected chi connectivity index (χ1v) is 14.6. The number of carbonyl (C=O) groups excluding carboxylic acids is 1. The number of ether oxygens (including phenoxy) is 1. The van der Waals surface area contributed by atoms with Crippen LogP contribution in [0.2, 0.25) is 5.02 Å². The van der Waals surface area contributed by atoms with Gasteiger partial charge in [-0.25, -0.2) is 14.2 Å². The molecule has 1 amide bonds. The van der Waals surface area contributed by atoms with Gasteiger partial charge in [0.25, 0.3) is 0 Å². The molecule has 0 saturated carbocycles. The van der Waals surface area contributed by atoms with E-state index in [-0.39, 0.29) is 21.9 Å². The number of hydrogen-bond donors (Lipinski definition) is 1. The number of carbonyl (C=O) groups is 1. The fraction of sp³-hybridized carbons (Fsp3) is 0.406. The van der Waals surface area contributed by atoms with Gasteiger partial charge in [0, 0.05) is 57.3 Å². The maximum atomic E-state index is 16.7. The number of aromatic hydroxyl groups is 1. The average Bonchev–Trinajstić information content (AvgIpc) is 2.89. The van der Waals surface area contributed by atoms with Gasteiger partial charge >= 0.3 is 6.09 Å². The molecule has 1 aliphatic rings. The predicted octanol–water partition coefficient (Wildman–Crippen LogP) is 6.00. The molecule has 5 rings (SSSR count). The molecular weight excluding hydrogens is 571 g/mol. The summed E-state index contributed by atoms with van der Waals surface area (Å²) in [5.41, 5.74) is 0.167. The van der Waals surface area contributed by atoms with Gasteiger partial charge in [-0.2, -0.15) is 4.98 Å². The van der Waals surface area contributed by atoms with Crippen LogP contribution in [-0.4, -0.2) is 97.0 Å². The van der Waals surface area contributed by atoms with E-state index in [1.54, 1.807) is 19.2 Å². The van der Waals surface area contributed by atoms with E-state index in [9.17, 15) is 9.90 Å². The van der Waals surface area contributed by atoms with E-state index < -0.39 is 17.5 Å². The second kappa shape index (κ2) is 11.7. The number of rotatable bonds is 7. The molecular formula is C32H38ClFN6O3. The highest BCUT2D eigenvalue weighted by atomic mass is 35.5. The number of aromatic nitrogens is 2. The van der Waals surface area contributed by atoms with E-state index in [1.165, 1.54) is 11.0 Å². The summed E-state index contributed by atoms with van der Waals surface area (Å²) in [4.78, 5) is 29.7. The number of likely N-dealkylation sites (N-methyl/N-ethyl adjacent to an activating group) is 3. The summed E-state index contributed by atoms with van der Waals surface area (Å²) < 4.78 is 22.2. The molecule has 0 atom stereocenters. The van der Waals surface area contributed by atoms with E-state index in [1.807, 2.05) is 76.0 Å². The number of amides is 1. The quantitative estimate of drug-likeness (QED) is 0.273. The molecule has 0 radical (unpaired) electrons. The molecule has 3 aromatic carbocycles. The van der Waals surface area contributed by atoms with Crippen LogP contribution in [0.25, 0.3) is 32.8 Å². The number of nitrogens with zero attached hydrogens (tertiary/aromatic N) is 6. The highest BCUT2D eigenvalue weighted by molar-refractivity contribution is 6.35. The second-order valence-corrected chi connectivity index (χ2v) is 12.8. The Morgan fingerprint density at radius 2 is 1.77 bits per heavy atom. The normalized spacial score (nSPS) is 14.0. The van der Waals surface area contributed by atoms with Crippen LogP contribution in [0.3, 0.4) is 0 Å². The van der Waals surface area contributed by atoms with Crippen LogP contribution in [0.15, 0.2) is 42.5 Å². The van der Waals surface area contributed by atoms with E-state index in [0.29, 0.717) is 54.9 Å². The van der Waals surface area contributed by atoms with Crippen LogP contribution in [0.5, 0.6) is 5.75 Å². The fourth-order valence-electron chi connectivity index (χ4n) is 5.13. The number of benzene rings is 3. The highest BCUT2D eigenvalue weighted by Crippen LogP contribution is 2.42. The smallest absolute Gasteiger partial charge is 0.410 e. The van der Waals surface area contributed by atoms with Crippen molar-refractivity contribution in [1.82, 2.24) is 19.8 Å². The Morgan fingerprint density at radius 1 is 1.07 bits per heavy atom. The van der Waals surface area contributed by atoms with Gasteiger partial charge in [0.1, 0.15) is 22.7 Å². The summed E-state index contributed by atoms with van der Waals surface area (Å²) in [7, 11) is 7.57. The van der Waals surface area contributed by atoms with Crippen LogP contribution >= 0.6 is 11.6 Å². The third kappa shape index (κ3) is 6.26. The molecule has 1 aromatic heterocycles. The molecule has 9 nitrogen and oxygen atoms in total. The Morgan fingerprint density at radius 3 is 2.44 bits per heavy atom. The number of fused-ring (bicyclic) bond motifs is 2. The SMILES string of the molecule is CN(CCN(C)c1nc(N2CC(N(C)C)C2)nc2c(F)c(-c3cc(O)cc4ccccc34)c(Cl)cc12)C(=O)OC(C)(C)C. The molecule has 0 spiro atoms. The molecule has 1 N–H and O–H groups in total. The Kier molecular flexibility index (Phi) is 8.28. The molecule has 0 unspecified atom stereocenters. The van der Waals surface area contributed by atoms with Crippen molar-refractivity contribution >= 4 is 51.1 Å². The van der Waals surface area contributed by atoms with E-state index >= 15 is 4.39 Å². The van der Waals surface area contributed by atoms with E-state index in [2.05, 4.69) is 4.90 Å². The van der Waals surface area contributed by atoms with Crippen molar-refractivity contribution in [3.63, 3.8) is 0 Å². The van der Waals surface area contributed by atoms with Crippen molar-refractivity contribution in [2.24, 2.45) is 0 Å². The topological polar surface area (TPSA) is 85.3 Å². The largest absolute Gasteiger partial charge is 0.508 e. The van der Waals surface area contributed by atoms with Crippen molar-refractivity contribution in [1.29, 1.82) is 0 Å². The zero-order valence-electron chi connectivity index (χ0n) is 25.7. The van der Waals surface area contributed by atoms with Gasteiger partial charge in [0.15, 0.2) is 5.82 Å². The lowest BCUT2D eigenvalue weighted by Crippen LogP contribution is -2.58. The van der Waals surface area contributed by atoms with Crippen LogP contribution in [-0.2, 0) is 4.74 Å². The zero-order chi connectivity index (χ0) is 31.2. The number of halogens is 2. The molecule has 0 bridgehead atoms. The first kappa shape index (κ1) is 30.6. The molecule has 1 fully saturated rings. The standard InChI is InChI=1S/C32H38ClFN6O3/c1-32(2,3)43-31(42)39(7)13-12-38(6)29-24-16-25(33)26(23-15-21(41)14-19-10-8-9-11-22(19)23)27(34)28(24)35-30(36-29)40-17-20(18-40)37(4)5/h8-11,14-16,20,41H,12-13,17-18H2,1-7H3. The summed E-state index contributed by atoms with van der Waals surface area (Å²) in [5.74, 6) is 0.337. The van der Waals surface area contributed by atoms with Crippen molar-refractivity contribution in [3.05, 3.63) is 53.3 Å². The number of hydrogen-bond acceptors (Lipinski definition) is 8. The van der Waals surface area contributed by atoms with Gasteiger partial charge in [-0.3, -0.25) is 0 Å². The van der Waals surface area contributed by atoms with Gasteiger partial charge in [0.2, 0.25) is 5.95 Å². The maximum absolute atomic E-state index is 16.7. The lowest BCUT2D eigenvalue weighted by Gasteiger charge is -2.43. The lowest BCUT2D eigenvalue weighted by atomic mass is 9.96. The molecule has 43 heavy (non-hydrogen) atoms. The van der Waals surface area contributed by atoms with E-state index in [0.717, 1.165) is 10.8 Å². The van der Waals surface area contributed by atoms with Gasteiger partial charge in [-0.1, -0.05) is 35.9 Å². The van der Waals surface area contributed by atoms with Gasteiger partial charge in [-0.15, -0.1) is 0 Å². The molecule has 1 aliphatic heterocycles. The summed E-state index contributed by atoms with van der Waals surface area (Å²) in [6, 6.07) is 12.6. The van der Waals surface area contributed by atoms with Crippen LogP contribution in [0.4, 0.5) is 21.0 Å². The van der Waals surface area contributed by atoms with Crippen molar-refractivity contribution in [2.75, 3.05) is 64.2 Å². The molecule has 11 heteroatoms. The first-order chi connectivity index (χ1) is 20.2.